The molecule has 2 nitrogen and oxygen atoms in total. The average Bonchev–Trinajstić information content (AvgIpc) is 2.45. The van der Waals surface area contributed by atoms with Crippen molar-refractivity contribution in [1.29, 1.82) is 0 Å². The summed E-state index contributed by atoms with van der Waals surface area (Å²) < 4.78 is 0. The molecule has 0 atom stereocenters. The fraction of sp³-hybridized carbons (Fsp3) is 0.650. The number of carbonyl (C=O) groups excluding carboxylic acids is 1. The lowest BCUT2D eigenvalue weighted by molar-refractivity contribution is -0.124. The van der Waals surface area contributed by atoms with Gasteiger partial charge >= 0.3 is 0 Å². The van der Waals surface area contributed by atoms with Crippen LogP contribution in [0.3, 0.4) is 0 Å². The van der Waals surface area contributed by atoms with Gasteiger partial charge in [-0.15, -0.1) is 0 Å². The van der Waals surface area contributed by atoms with Crippen LogP contribution in [0.1, 0.15) is 66.9 Å². The van der Waals surface area contributed by atoms with E-state index in [0.717, 1.165) is 20.1 Å². The van der Waals surface area contributed by atoms with E-state index < -0.39 is 0 Å². The summed E-state index contributed by atoms with van der Waals surface area (Å²) in [6.07, 6.45) is 2.39. The summed E-state index contributed by atoms with van der Waals surface area (Å²) in [7, 11) is 1.11. The van der Waals surface area contributed by atoms with Crippen molar-refractivity contribution < 1.29 is 4.79 Å². The van der Waals surface area contributed by atoms with Crippen molar-refractivity contribution in [3.8, 4) is 0 Å². The molecule has 0 heterocycles. The minimum absolute atomic E-state index is 0.0845. The third-order valence-electron chi connectivity index (χ3n) is 5.34. The molecular weight excluding hydrogens is 281 g/mol. The maximum atomic E-state index is 12.3. The number of hydrogen-bond acceptors (Lipinski definition) is 1. The van der Waals surface area contributed by atoms with Gasteiger partial charge in [-0.05, 0) is 37.7 Å². The van der Waals surface area contributed by atoms with Gasteiger partial charge in [0.05, 0.1) is 0 Å². The maximum absolute atomic E-state index is 12.3. The summed E-state index contributed by atoms with van der Waals surface area (Å²) >= 11 is 0. The highest BCUT2D eigenvalue weighted by Crippen LogP contribution is 2.33. The third-order valence-corrected chi connectivity index (χ3v) is 5.34. The summed E-state index contributed by atoms with van der Waals surface area (Å²) in [4.78, 5) is 12.3. The van der Waals surface area contributed by atoms with Gasteiger partial charge in [0, 0.05) is 12.0 Å². The van der Waals surface area contributed by atoms with Crippen molar-refractivity contribution in [3.63, 3.8) is 0 Å². The van der Waals surface area contributed by atoms with Gasteiger partial charge in [-0.25, -0.2) is 0 Å². The van der Waals surface area contributed by atoms with Gasteiger partial charge in [0.15, 0.2) is 7.28 Å². The van der Waals surface area contributed by atoms with E-state index in [4.69, 9.17) is 0 Å². The Labute approximate surface area is 143 Å². The maximum Gasteiger partial charge on any atom is 0.220 e. The first-order valence-electron chi connectivity index (χ1n) is 8.96. The molecule has 1 aromatic rings. The first-order chi connectivity index (χ1) is 10.6. The molecule has 3 heteroatoms. The zero-order valence-corrected chi connectivity index (χ0v) is 16.1. The lowest BCUT2D eigenvalue weighted by Gasteiger charge is -2.41. The molecule has 0 aliphatic carbocycles. The van der Waals surface area contributed by atoms with Crippen LogP contribution in [0.5, 0.6) is 0 Å². The zero-order chi connectivity index (χ0) is 17.7. The molecule has 128 valence electrons. The number of aryl methyl sites for hydroxylation is 1. The van der Waals surface area contributed by atoms with Crippen molar-refractivity contribution in [2.24, 2.45) is 5.41 Å². The molecular formula is C20H34BNO. The first kappa shape index (κ1) is 19.8. The van der Waals surface area contributed by atoms with Crippen molar-refractivity contribution in [2.45, 2.75) is 79.1 Å². The highest BCUT2D eigenvalue weighted by atomic mass is 16.1. The minimum atomic E-state index is -0.194. The summed E-state index contributed by atoms with van der Waals surface area (Å²) in [6.45, 7) is 15.3. The van der Waals surface area contributed by atoms with Crippen LogP contribution in [0.15, 0.2) is 24.3 Å². The van der Waals surface area contributed by atoms with Crippen molar-refractivity contribution in [2.75, 3.05) is 0 Å². The second-order valence-electron chi connectivity index (χ2n) is 8.33. The van der Waals surface area contributed by atoms with Crippen LogP contribution in [-0.4, -0.2) is 18.7 Å². The van der Waals surface area contributed by atoms with E-state index in [2.05, 4.69) is 78.0 Å². The normalized spacial score (nSPS) is 12.3. The number of hydrogen-bond donors (Lipinski definition) is 1. The summed E-state index contributed by atoms with van der Waals surface area (Å²) in [5, 5.41) is 3.22. The number of benzene rings is 1. The number of nitrogens with one attached hydrogen (secondary N) is 1. The standard InChI is InChI=1S/C20H34BNO/c1-8-19(4,5)20(6,7)22-18(23)14-11-16-9-12-17(13-10-16)21-15(2)3/h9-10,12-13,15,21H,8,11,14H2,1-7H3,(H,22,23). The van der Waals surface area contributed by atoms with Gasteiger partial charge in [-0.2, -0.15) is 0 Å². The van der Waals surface area contributed by atoms with E-state index in [1.807, 2.05) is 0 Å². The van der Waals surface area contributed by atoms with Gasteiger partial charge in [0.25, 0.3) is 0 Å². The molecule has 0 radical (unpaired) electrons. The monoisotopic (exact) mass is 315 g/mol. The largest absolute Gasteiger partial charge is 0.351 e. The molecule has 1 rings (SSSR count). The van der Waals surface area contributed by atoms with E-state index in [0.29, 0.717) is 12.2 Å². The molecule has 0 aliphatic heterocycles. The third kappa shape index (κ3) is 6.04. The van der Waals surface area contributed by atoms with Gasteiger partial charge in [-0.3, -0.25) is 4.79 Å². The molecule has 1 N–H and O–H groups in total. The first-order valence-corrected chi connectivity index (χ1v) is 8.96. The SMILES string of the molecule is CCC(C)(C)C(C)(C)NC(=O)CCc1ccc(BC(C)C)cc1. The van der Waals surface area contributed by atoms with Crippen LogP contribution < -0.4 is 10.8 Å². The second-order valence-corrected chi connectivity index (χ2v) is 8.33. The minimum Gasteiger partial charge on any atom is -0.351 e. The van der Waals surface area contributed by atoms with Crippen LogP contribution in [0, 0.1) is 5.41 Å². The van der Waals surface area contributed by atoms with Gasteiger partial charge in [-0.1, -0.05) is 70.2 Å². The van der Waals surface area contributed by atoms with Gasteiger partial charge in [0.2, 0.25) is 5.91 Å². The Morgan fingerprint density at radius 2 is 1.70 bits per heavy atom. The molecule has 1 amide bonds. The lowest BCUT2D eigenvalue weighted by atomic mass is 9.61. The highest BCUT2D eigenvalue weighted by Gasteiger charge is 2.36. The zero-order valence-electron chi connectivity index (χ0n) is 16.1. The van der Waals surface area contributed by atoms with E-state index >= 15 is 0 Å². The van der Waals surface area contributed by atoms with Crippen molar-refractivity contribution in [3.05, 3.63) is 29.8 Å². The molecule has 0 aromatic heterocycles. The highest BCUT2D eigenvalue weighted by molar-refractivity contribution is 6.54. The Hall–Kier alpha value is -1.25. The molecule has 0 spiro atoms. The Morgan fingerprint density at radius 1 is 1.13 bits per heavy atom. The van der Waals surface area contributed by atoms with Crippen LogP contribution >= 0.6 is 0 Å². The lowest BCUT2D eigenvalue weighted by Crippen LogP contribution is -2.53. The topological polar surface area (TPSA) is 29.1 Å². The smallest absolute Gasteiger partial charge is 0.220 e. The Balaban J connectivity index is 2.53. The molecule has 0 saturated heterocycles. The molecule has 0 aliphatic rings. The average molecular weight is 315 g/mol. The number of carbonyl (C=O) groups is 1. The predicted molar refractivity (Wildman–Crippen MR) is 103 cm³/mol. The molecule has 0 fully saturated rings. The van der Waals surface area contributed by atoms with E-state index in [-0.39, 0.29) is 16.9 Å². The van der Waals surface area contributed by atoms with E-state index in [1.165, 1.54) is 11.0 Å². The van der Waals surface area contributed by atoms with Crippen LogP contribution in [-0.2, 0) is 11.2 Å². The molecule has 23 heavy (non-hydrogen) atoms. The van der Waals surface area contributed by atoms with Crippen LogP contribution in [0.25, 0.3) is 0 Å². The fourth-order valence-electron chi connectivity index (χ4n) is 2.59. The van der Waals surface area contributed by atoms with E-state index in [1.54, 1.807) is 0 Å². The molecule has 1 aromatic carbocycles. The van der Waals surface area contributed by atoms with Crippen LogP contribution in [0.2, 0.25) is 5.82 Å². The fourth-order valence-corrected chi connectivity index (χ4v) is 2.59. The van der Waals surface area contributed by atoms with Gasteiger partial charge < -0.3 is 5.32 Å². The second kappa shape index (κ2) is 8.03. The van der Waals surface area contributed by atoms with Crippen LogP contribution in [0.4, 0.5) is 0 Å². The summed E-state index contributed by atoms with van der Waals surface area (Å²) in [5.74, 6) is 0.818. The molecule has 0 saturated carbocycles. The summed E-state index contributed by atoms with van der Waals surface area (Å²) in [6, 6.07) is 8.70. The Kier molecular flexibility index (Phi) is 6.92. The van der Waals surface area contributed by atoms with E-state index in [9.17, 15) is 4.79 Å². The molecule has 0 unspecified atom stereocenters. The number of amides is 1. The summed E-state index contributed by atoms with van der Waals surface area (Å²) in [5.41, 5.74) is 2.50. The Bertz CT molecular complexity index is 503. The Morgan fingerprint density at radius 3 is 2.17 bits per heavy atom. The van der Waals surface area contributed by atoms with Gasteiger partial charge in [0.1, 0.15) is 0 Å². The number of rotatable bonds is 8. The molecule has 0 bridgehead atoms. The quantitative estimate of drug-likeness (QED) is 0.726. The van der Waals surface area contributed by atoms with Crippen molar-refractivity contribution >= 4 is 18.6 Å². The van der Waals surface area contributed by atoms with Crippen molar-refractivity contribution in [1.82, 2.24) is 5.32 Å². The predicted octanol–water partition coefficient (Wildman–Crippen LogP) is 3.84.